The van der Waals surface area contributed by atoms with Crippen molar-refractivity contribution in [1.29, 1.82) is 0 Å². The van der Waals surface area contributed by atoms with Crippen molar-refractivity contribution in [2.75, 3.05) is 45.2 Å². The molecule has 0 aromatic heterocycles. The predicted octanol–water partition coefficient (Wildman–Crippen LogP) is 2.01. The van der Waals surface area contributed by atoms with E-state index < -0.39 is 5.97 Å². The van der Waals surface area contributed by atoms with Crippen LogP contribution >= 0.6 is 0 Å². The summed E-state index contributed by atoms with van der Waals surface area (Å²) >= 11 is 0. The Hall–Kier alpha value is -3.26. The van der Waals surface area contributed by atoms with Crippen molar-refractivity contribution in [3.63, 3.8) is 0 Å². The van der Waals surface area contributed by atoms with E-state index in [0.29, 0.717) is 43.0 Å². The van der Waals surface area contributed by atoms with Gasteiger partial charge in [0.1, 0.15) is 5.82 Å². The first kappa shape index (κ1) is 20.5. The zero-order valence-corrected chi connectivity index (χ0v) is 16.1. The molecule has 0 atom stereocenters. The molecule has 1 aliphatic rings. The van der Waals surface area contributed by atoms with Gasteiger partial charge in [-0.25, -0.2) is 9.18 Å². The quantitative estimate of drug-likeness (QED) is 0.779. The summed E-state index contributed by atoms with van der Waals surface area (Å²) in [5.41, 5.74) is 1.45. The van der Waals surface area contributed by atoms with Crippen LogP contribution in [0.1, 0.15) is 20.7 Å². The molecule has 1 fully saturated rings. The number of benzene rings is 2. The van der Waals surface area contributed by atoms with Crippen molar-refractivity contribution in [1.82, 2.24) is 9.80 Å². The fraction of sp³-hybridized carbons (Fsp3) is 0.286. The predicted molar refractivity (Wildman–Crippen MR) is 105 cm³/mol. The first-order chi connectivity index (χ1) is 14.0. The first-order valence-electron chi connectivity index (χ1n) is 9.21. The fourth-order valence-electron chi connectivity index (χ4n) is 3.10. The maximum Gasteiger partial charge on any atom is 0.337 e. The van der Waals surface area contributed by atoms with Crippen molar-refractivity contribution in [3.05, 3.63) is 65.5 Å². The van der Waals surface area contributed by atoms with Crippen molar-refractivity contribution >= 4 is 23.5 Å². The number of methoxy groups -OCH3 is 1. The number of halogens is 1. The van der Waals surface area contributed by atoms with Gasteiger partial charge in [0, 0.05) is 37.4 Å². The number of piperazine rings is 1. The molecule has 1 N–H and O–H groups in total. The lowest BCUT2D eigenvalue weighted by Crippen LogP contribution is -2.50. The minimum atomic E-state index is -0.434. The van der Waals surface area contributed by atoms with Crippen LogP contribution in [-0.4, -0.2) is 67.4 Å². The van der Waals surface area contributed by atoms with Crippen LogP contribution in [0.4, 0.5) is 10.1 Å². The number of nitrogens with zero attached hydrogens (tertiary/aromatic N) is 2. The van der Waals surface area contributed by atoms with Crippen LogP contribution in [0, 0.1) is 5.82 Å². The topological polar surface area (TPSA) is 79.0 Å². The van der Waals surface area contributed by atoms with Crippen molar-refractivity contribution in [2.45, 2.75) is 0 Å². The molecular weight excluding hydrogens is 377 g/mol. The molecule has 0 radical (unpaired) electrons. The smallest absolute Gasteiger partial charge is 0.337 e. The lowest BCUT2D eigenvalue weighted by atomic mass is 10.1. The van der Waals surface area contributed by atoms with Crippen LogP contribution in [0.25, 0.3) is 0 Å². The van der Waals surface area contributed by atoms with Crippen LogP contribution in [0.3, 0.4) is 0 Å². The minimum absolute atomic E-state index is 0.139. The van der Waals surface area contributed by atoms with Crippen LogP contribution in [0.2, 0.25) is 0 Å². The highest BCUT2D eigenvalue weighted by Crippen LogP contribution is 2.12. The molecule has 8 heteroatoms. The van der Waals surface area contributed by atoms with E-state index in [2.05, 4.69) is 10.1 Å². The number of ether oxygens (including phenoxy) is 1. The standard InChI is InChI=1S/C21H22FN3O4/c1-29-21(28)16-4-8-18(9-5-16)23-19(26)14-24-10-12-25(13-11-24)20(27)15-2-6-17(22)7-3-15/h2-9H,10-14H2,1H3,(H,23,26). The molecule has 0 bridgehead atoms. The maximum atomic E-state index is 13.0. The maximum absolute atomic E-state index is 13.0. The largest absolute Gasteiger partial charge is 0.465 e. The highest BCUT2D eigenvalue weighted by molar-refractivity contribution is 5.95. The number of carbonyl (C=O) groups is 3. The second kappa shape index (κ2) is 9.29. The van der Waals surface area contributed by atoms with E-state index >= 15 is 0 Å². The Morgan fingerprint density at radius 2 is 1.52 bits per heavy atom. The van der Waals surface area contributed by atoms with Crippen LogP contribution in [0.15, 0.2) is 48.5 Å². The number of amides is 2. The van der Waals surface area contributed by atoms with E-state index in [-0.39, 0.29) is 24.2 Å². The number of carbonyl (C=O) groups excluding carboxylic acids is 3. The van der Waals surface area contributed by atoms with Gasteiger partial charge in [0.2, 0.25) is 5.91 Å². The molecule has 152 valence electrons. The van der Waals surface area contributed by atoms with E-state index in [1.165, 1.54) is 31.4 Å². The molecule has 2 amide bonds. The molecule has 0 aliphatic carbocycles. The van der Waals surface area contributed by atoms with Gasteiger partial charge in [-0.3, -0.25) is 14.5 Å². The first-order valence-corrected chi connectivity index (χ1v) is 9.21. The number of rotatable bonds is 5. The van der Waals surface area contributed by atoms with Gasteiger partial charge in [-0.15, -0.1) is 0 Å². The van der Waals surface area contributed by atoms with Gasteiger partial charge in [0.15, 0.2) is 0 Å². The van der Waals surface area contributed by atoms with Gasteiger partial charge in [0.05, 0.1) is 19.2 Å². The third kappa shape index (κ3) is 5.39. The SMILES string of the molecule is COC(=O)c1ccc(NC(=O)CN2CCN(C(=O)c3ccc(F)cc3)CC2)cc1. The van der Waals surface area contributed by atoms with Crippen LogP contribution in [0.5, 0.6) is 0 Å². The Morgan fingerprint density at radius 3 is 2.10 bits per heavy atom. The van der Waals surface area contributed by atoms with Crippen molar-refractivity contribution < 1.29 is 23.5 Å². The molecule has 1 aliphatic heterocycles. The summed E-state index contributed by atoms with van der Waals surface area (Å²) in [4.78, 5) is 39.8. The molecule has 7 nitrogen and oxygen atoms in total. The van der Waals surface area contributed by atoms with Crippen molar-refractivity contribution in [2.24, 2.45) is 0 Å². The van der Waals surface area contributed by atoms with E-state index in [1.807, 2.05) is 4.90 Å². The molecule has 29 heavy (non-hydrogen) atoms. The molecule has 3 rings (SSSR count). The number of anilines is 1. The summed E-state index contributed by atoms with van der Waals surface area (Å²) in [5, 5.41) is 2.79. The molecule has 0 unspecified atom stereocenters. The summed E-state index contributed by atoms with van der Waals surface area (Å²) in [6.07, 6.45) is 0. The Morgan fingerprint density at radius 1 is 0.931 bits per heavy atom. The van der Waals surface area contributed by atoms with Gasteiger partial charge < -0.3 is 15.0 Å². The van der Waals surface area contributed by atoms with Gasteiger partial charge in [-0.05, 0) is 48.5 Å². The second-order valence-electron chi connectivity index (χ2n) is 6.69. The third-order valence-corrected chi connectivity index (χ3v) is 4.71. The van der Waals surface area contributed by atoms with Crippen LogP contribution < -0.4 is 5.32 Å². The average Bonchev–Trinajstić information content (AvgIpc) is 2.74. The van der Waals surface area contributed by atoms with E-state index in [0.717, 1.165) is 0 Å². The molecular formula is C21H22FN3O4. The van der Waals surface area contributed by atoms with Gasteiger partial charge >= 0.3 is 5.97 Å². The number of esters is 1. The van der Waals surface area contributed by atoms with Crippen molar-refractivity contribution in [3.8, 4) is 0 Å². The van der Waals surface area contributed by atoms with Gasteiger partial charge in [-0.2, -0.15) is 0 Å². The fourth-order valence-corrected chi connectivity index (χ4v) is 3.10. The Labute approximate surface area is 168 Å². The second-order valence-corrected chi connectivity index (χ2v) is 6.69. The zero-order valence-electron chi connectivity index (χ0n) is 16.1. The summed E-state index contributed by atoms with van der Waals surface area (Å²) < 4.78 is 17.6. The van der Waals surface area contributed by atoms with E-state index in [9.17, 15) is 18.8 Å². The molecule has 2 aromatic rings. The van der Waals surface area contributed by atoms with E-state index in [1.54, 1.807) is 29.2 Å². The average molecular weight is 399 g/mol. The number of hydrogen-bond acceptors (Lipinski definition) is 5. The lowest BCUT2D eigenvalue weighted by Gasteiger charge is -2.34. The van der Waals surface area contributed by atoms with E-state index in [4.69, 9.17) is 0 Å². The molecule has 1 saturated heterocycles. The summed E-state index contributed by atoms with van der Waals surface area (Å²) in [5.74, 6) is -1.12. The molecule has 0 saturated carbocycles. The lowest BCUT2D eigenvalue weighted by molar-refractivity contribution is -0.117. The summed E-state index contributed by atoms with van der Waals surface area (Å²) in [6, 6.07) is 11.9. The monoisotopic (exact) mass is 399 g/mol. The third-order valence-electron chi connectivity index (χ3n) is 4.71. The Balaban J connectivity index is 1.46. The molecule has 0 spiro atoms. The number of hydrogen-bond donors (Lipinski definition) is 1. The Kier molecular flexibility index (Phi) is 6.56. The summed E-state index contributed by atoms with van der Waals surface area (Å²) in [6.45, 7) is 2.34. The van der Waals surface area contributed by atoms with Gasteiger partial charge in [0.25, 0.3) is 5.91 Å². The minimum Gasteiger partial charge on any atom is -0.465 e. The highest BCUT2D eigenvalue weighted by Gasteiger charge is 2.23. The number of nitrogens with one attached hydrogen (secondary N) is 1. The van der Waals surface area contributed by atoms with Gasteiger partial charge in [-0.1, -0.05) is 0 Å². The Bertz CT molecular complexity index is 876. The van der Waals surface area contributed by atoms with Crippen LogP contribution in [-0.2, 0) is 9.53 Å². The normalized spacial score (nSPS) is 14.3. The highest BCUT2D eigenvalue weighted by atomic mass is 19.1. The zero-order chi connectivity index (χ0) is 20.8. The molecule has 1 heterocycles. The molecule has 2 aromatic carbocycles. The summed E-state index contributed by atoms with van der Waals surface area (Å²) in [7, 11) is 1.31.